The Morgan fingerprint density at radius 1 is 0.861 bits per heavy atom. The zero-order chi connectivity index (χ0) is 25.7. The van der Waals surface area contributed by atoms with Crippen LogP contribution in [0.1, 0.15) is 40.7 Å². The summed E-state index contributed by atoms with van der Waals surface area (Å²) in [5, 5.41) is 2.90. The molecule has 0 saturated carbocycles. The number of carbonyl (C=O) groups excluding carboxylic acids is 1. The van der Waals surface area contributed by atoms with Crippen molar-refractivity contribution in [2.24, 2.45) is 0 Å². The average Bonchev–Trinajstić information content (AvgIpc) is 3.36. The predicted octanol–water partition coefficient (Wildman–Crippen LogP) is 4.72. The van der Waals surface area contributed by atoms with Gasteiger partial charge in [-0.3, -0.25) is 14.0 Å². The second-order valence-corrected chi connectivity index (χ2v) is 11.6. The summed E-state index contributed by atoms with van der Waals surface area (Å²) in [6.07, 6.45) is 2.53. The standard InChI is InChI=1S/C29H35N3O3S/c1-22-6-13-27(14-7-22)36(34,35)32(28-15-8-23(2)18-24(28)3)21-29(33)30-19-25-9-11-26(12-10-25)20-31-16-4-5-17-31/h6-15,18H,4-5,16-17,19-21H2,1-3H3,(H,30,33). The fourth-order valence-electron chi connectivity index (χ4n) is 4.57. The maximum atomic E-state index is 13.6. The highest BCUT2D eigenvalue weighted by Gasteiger charge is 2.28. The summed E-state index contributed by atoms with van der Waals surface area (Å²) in [5.74, 6) is -0.355. The van der Waals surface area contributed by atoms with Gasteiger partial charge in [0.05, 0.1) is 10.6 Å². The van der Waals surface area contributed by atoms with E-state index in [1.54, 1.807) is 30.3 Å². The molecule has 190 valence electrons. The van der Waals surface area contributed by atoms with Gasteiger partial charge in [-0.25, -0.2) is 8.42 Å². The molecule has 0 spiro atoms. The van der Waals surface area contributed by atoms with Gasteiger partial charge in [-0.05, 0) is 81.6 Å². The van der Waals surface area contributed by atoms with Crippen molar-refractivity contribution in [3.05, 3.63) is 94.5 Å². The van der Waals surface area contributed by atoms with E-state index in [4.69, 9.17) is 0 Å². The molecular weight excluding hydrogens is 470 g/mol. The van der Waals surface area contributed by atoms with Crippen LogP contribution in [0.4, 0.5) is 5.69 Å². The first-order chi connectivity index (χ1) is 17.2. The maximum Gasteiger partial charge on any atom is 0.264 e. The van der Waals surface area contributed by atoms with Crippen LogP contribution in [0.3, 0.4) is 0 Å². The summed E-state index contributed by atoms with van der Waals surface area (Å²) in [4.78, 5) is 15.6. The molecule has 0 unspecified atom stereocenters. The van der Waals surface area contributed by atoms with Crippen LogP contribution in [0, 0.1) is 20.8 Å². The highest BCUT2D eigenvalue weighted by Crippen LogP contribution is 2.27. The van der Waals surface area contributed by atoms with Crippen molar-refractivity contribution in [3.8, 4) is 0 Å². The Balaban J connectivity index is 1.47. The predicted molar refractivity (Wildman–Crippen MR) is 144 cm³/mol. The topological polar surface area (TPSA) is 69.7 Å². The second-order valence-electron chi connectivity index (χ2n) is 9.69. The van der Waals surface area contributed by atoms with E-state index < -0.39 is 10.0 Å². The van der Waals surface area contributed by atoms with E-state index in [0.717, 1.165) is 41.9 Å². The van der Waals surface area contributed by atoms with E-state index in [9.17, 15) is 13.2 Å². The number of aryl methyl sites for hydroxylation is 3. The normalized spacial score (nSPS) is 14.1. The lowest BCUT2D eigenvalue weighted by Gasteiger charge is -2.26. The van der Waals surface area contributed by atoms with Crippen LogP contribution in [-0.4, -0.2) is 38.9 Å². The fourth-order valence-corrected chi connectivity index (χ4v) is 6.06. The quantitative estimate of drug-likeness (QED) is 0.457. The van der Waals surface area contributed by atoms with Gasteiger partial charge < -0.3 is 5.32 Å². The van der Waals surface area contributed by atoms with Crippen molar-refractivity contribution in [1.29, 1.82) is 0 Å². The van der Waals surface area contributed by atoms with Crippen LogP contribution >= 0.6 is 0 Å². The van der Waals surface area contributed by atoms with Gasteiger partial charge in [-0.1, -0.05) is 59.7 Å². The molecule has 4 rings (SSSR count). The van der Waals surface area contributed by atoms with Crippen molar-refractivity contribution in [2.75, 3.05) is 23.9 Å². The molecule has 1 aliphatic heterocycles. The molecular formula is C29H35N3O3S. The van der Waals surface area contributed by atoms with E-state index in [0.29, 0.717) is 12.2 Å². The van der Waals surface area contributed by atoms with Gasteiger partial charge in [0.2, 0.25) is 5.91 Å². The second kappa shape index (κ2) is 11.3. The number of likely N-dealkylation sites (tertiary alicyclic amines) is 1. The third-order valence-corrected chi connectivity index (χ3v) is 8.41. The Kier molecular flexibility index (Phi) is 8.11. The molecule has 0 bridgehead atoms. The van der Waals surface area contributed by atoms with Crippen LogP contribution < -0.4 is 9.62 Å². The van der Waals surface area contributed by atoms with Gasteiger partial charge in [-0.2, -0.15) is 0 Å². The minimum absolute atomic E-state index is 0.162. The Hall–Kier alpha value is -3.16. The van der Waals surface area contributed by atoms with Gasteiger partial charge in [0.1, 0.15) is 6.54 Å². The third kappa shape index (κ3) is 6.33. The Morgan fingerprint density at radius 3 is 2.11 bits per heavy atom. The summed E-state index contributed by atoms with van der Waals surface area (Å²) >= 11 is 0. The first-order valence-electron chi connectivity index (χ1n) is 12.5. The molecule has 3 aromatic rings. The molecule has 3 aromatic carbocycles. The minimum Gasteiger partial charge on any atom is -0.350 e. The number of hydrogen-bond acceptors (Lipinski definition) is 4. The molecule has 0 aliphatic carbocycles. The SMILES string of the molecule is Cc1ccc(S(=O)(=O)N(CC(=O)NCc2ccc(CN3CCCC3)cc2)c2ccc(C)cc2C)cc1. The lowest BCUT2D eigenvalue weighted by atomic mass is 10.1. The highest BCUT2D eigenvalue weighted by atomic mass is 32.2. The highest BCUT2D eigenvalue weighted by molar-refractivity contribution is 7.92. The summed E-state index contributed by atoms with van der Waals surface area (Å²) in [7, 11) is -3.93. The molecule has 1 heterocycles. The smallest absolute Gasteiger partial charge is 0.264 e. The molecule has 1 aliphatic rings. The first kappa shape index (κ1) is 25.9. The van der Waals surface area contributed by atoms with Crippen molar-refractivity contribution < 1.29 is 13.2 Å². The van der Waals surface area contributed by atoms with E-state index in [1.165, 1.54) is 22.7 Å². The number of amides is 1. The number of carbonyl (C=O) groups is 1. The first-order valence-corrected chi connectivity index (χ1v) is 13.9. The number of nitrogens with zero attached hydrogens (tertiary/aromatic N) is 2. The van der Waals surface area contributed by atoms with Crippen LogP contribution in [0.15, 0.2) is 71.6 Å². The lowest BCUT2D eigenvalue weighted by Crippen LogP contribution is -2.41. The molecule has 7 heteroatoms. The van der Waals surface area contributed by atoms with E-state index in [1.807, 2.05) is 45.0 Å². The summed E-state index contributed by atoms with van der Waals surface area (Å²) in [6.45, 7) is 9.03. The Bertz CT molecular complexity index is 1300. The van der Waals surface area contributed by atoms with Crippen LogP contribution in [0.2, 0.25) is 0 Å². The van der Waals surface area contributed by atoms with Gasteiger partial charge in [0.15, 0.2) is 0 Å². The number of anilines is 1. The van der Waals surface area contributed by atoms with E-state index >= 15 is 0 Å². The molecule has 0 atom stereocenters. The fraction of sp³-hybridized carbons (Fsp3) is 0.345. The molecule has 1 saturated heterocycles. The number of hydrogen-bond donors (Lipinski definition) is 1. The molecule has 0 aromatic heterocycles. The zero-order valence-corrected chi connectivity index (χ0v) is 22.1. The number of nitrogens with one attached hydrogen (secondary N) is 1. The molecule has 0 radical (unpaired) electrons. The summed E-state index contributed by atoms with van der Waals surface area (Å²) in [6, 6.07) is 20.5. The zero-order valence-electron chi connectivity index (χ0n) is 21.3. The van der Waals surface area contributed by atoms with Gasteiger partial charge in [-0.15, -0.1) is 0 Å². The minimum atomic E-state index is -3.93. The Morgan fingerprint density at radius 2 is 1.47 bits per heavy atom. The van der Waals surface area contributed by atoms with Crippen LogP contribution in [0.5, 0.6) is 0 Å². The molecule has 1 fully saturated rings. The molecule has 36 heavy (non-hydrogen) atoms. The van der Waals surface area contributed by atoms with E-state index in [-0.39, 0.29) is 17.3 Å². The number of rotatable bonds is 9. The third-order valence-electron chi connectivity index (χ3n) is 6.63. The maximum absolute atomic E-state index is 13.6. The van der Waals surface area contributed by atoms with Crippen molar-refractivity contribution in [1.82, 2.24) is 10.2 Å². The molecule has 1 N–H and O–H groups in total. The number of benzene rings is 3. The average molecular weight is 506 g/mol. The van der Waals surface area contributed by atoms with Crippen molar-refractivity contribution in [2.45, 2.75) is 51.6 Å². The Labute approximate surface area is 215 Å². The van der Waals surface area contributed by atoms with Crippen molar-refractivity contribution >= 4 is 21.6 Å². The van der Waals surface area contributed by atoms with Crippen molar-refractivity contribution in [3.63, 3.8) is 0 Å². The van der Waals surface area contributed by atoms with Gasteiger partial charge >= 0.3 is 0 Å². The van der Waals surface area contributed by atoms with Crippen LogP contribution in [0.25, 0.3) is 0 Å². The van der Waals surface area contributed by atoms with E-state index in [2.05, 4.69) is 22.3 Å². The number of sulfonamides is 1. The summed E-state index contributed by atoms with van der Waals surface area (Å²) < 4.78 is 28.4. The summed E-state index contributed by atoms with van der Waals surface area (Å²) in [5.41, 5.74) is 5.54. The monoisotopic (exact) mass is 505 g/mol. The molecule has 6 nitrogen and oxygen atoms in total. The lowest BCUT2D eigenvalue weighted by molar-refractivity contribution is -0.119. The largest absolute Gasteiger partial charge is 0.350 e. The van der Waals surface area contributed by atoms with Gasteiger partial charge in [0, 0.05) is 13.1 Å². The van der Waals surface area contributed by atoms with Crippen LogP contribution in [-0.2, 0) is 27.9 Å². The van der Waals surface area contributed by atoms with Gasteiger partial charge in [0.25, 0.3) is 10.0 Å². The molecule has 1 amide bonds.